The van der Waals surface area contributed by atoms with Crippen molar-refractivity contribution in [1.29, 1.82) is 0 Å². The quantitative estimate of drug-likeness (QED) is 0.0468. The van der Waals surface area contributed by atoms with Gasteiger partial charge in [-0.05, 0) is 121 Å². The van der Waals surface area contributed by atoms with Gasteiger partial charge in [0.1, 0.15) is 0 Å². The van der Waals surface area contributed by atoms with Crippen molar-refractivity contribution in [3.63, 3.8) is 0 Å². The Labute approximate surface area is 744 Å². The van der Waals surface area contributed by atoms with E-state index in [4.69, 9.17) is 23.6 Å². The molecule has 0 fully saturated rings. The number of para-hydroxylation sites is 1. The van der Waals surface area contributed by atoms with E-state index in [0.29, 0.717) is 43.7 Å². The van der Waals surface area contributed by atoms with E-state index in [1.165, 1.54) is 222 Å². The first kappa shape index (κ1) is 124. The summed E-state index contributed by atoms with van der Waals surface area (Å²) in [6.07, 6.45) is 61.8. The molecule has 0 N–H and O–H groups in total. The van der Waals surface area contributed by atoms with Crippen molar-refractivity contribution >= 4 is 50.0 Å². The van der Waals surface area contributed by atoms with E-state index in [1.54, 1.807) is 13.4 Å². The van der Waals surface area contributed by atoms with Crippen LogP contribution in [0.25, 0.3) is 0 Å². The van der Waals surface area contributed by atoms with E-state index in [1.807, 2.05) is 30.4 Å². The summed E-state index contributed by atoms with van der Waals surface area (Å²) in [4.78, 5) is 0. The molecule has 0 bridgehead atoms. The van der Waals surface area contributed by atoms with Gasteiger partial charge in [0.25, 0.3) is 0 Å². The van der Waals surface area contributed by atoms with Crippen LogP contribution in [0, 0.1) is 5.92 Å². The predicted molar refractivity (Wildman–Crippen MR) is 420 cm³/mol. The third-order valence-corrected chi connectivity index (χ3v) is 18.1. The molecule has 2 rings (SSSR count). The summed E-state index contributed by atoms with van der Waals surface area (Å²) < 4.78 is 26.8. The summed E-state index contributed by atoms with van der Waals surface area (Å²) in [5.41, 5.74) is 2.73. The second-order valence-electron chi connectivity index (χ2n) is 26.8. The Bertz CT molecular complexity index is 1470. The minimum atomic E-state index is -0.575. The maximum absolute atomic E-state index is 6.06. The first-order valence-electron chi connectivity index (χ1n) is 39.0. The van der Waals surface area contributed by atoms with Crippen LogP contribution in [-0.2, 0) is 25.3 Å². The van der Waals surface area contributed by atoms with Crippen molar-refractivity contribution in [1.82, 2.24) is 0 Å². The first-order chi connectivity index (χ1) is 42.0. The number of rotatable bonds is 55. The standard InChI is InChI=1S/C13H26B.C11H16BO.C11H24BO.2C10H22BO.C10H22B.C9H20BO.7Na/c1-5-6-9-14-10-7-8-13(4)11-12(2)3;1-3-12(4-2)9-10-7-5-6-8-11(10)13-12;1-3-5-9-12-10-7-6-8-11-13-4-2;2*1-3-5-8-11-9-6-7-10-12-4-2;1-3-5-7-8-10-11-9-6-4-2;1-3-4-7-10-8-5-6-9-11-2;;;;;;;/h5,13H,1-2,6-11,14H2,3-4H3;5-8H,3-4,9H2,1-2H3;3H,1,4-12H2,2H3;2*3H,1,4-11H2,2H3;4H,2-3,5-11H2,1H3;3H,1,4-10H2,2H3;;;;;;;/q7*-1;7*+1. The molecule has 0 radical (unpaired) electrons. The van der Waals surface area contributed by atoms with E-state index in [2.05, 4.69) is 132 Å². The van der Waals surface area contributed by atoms with E-state index in [-0.39, 0.29) is 207 Å². The zero-order valence-electron chi connectivity index (χ0n) is 68.5. The number of methoxy groups -OCH3 is 1. The molecule has 0 saturated heterocycles. The van der Waals surface area contributed by atoms with Crippen molar-refractivity contribution in [3.05, 3.63) is 118 Å². The van der Waals surface area contributed by atoms with Crippen LogP contribution in [0.5, 0.6) is 5.75 Å². The number of hydrogen-bond donors (Lipinski definition) is 0. The van der Waals surface area contributed by atoms with E-state index in [9.17, 15) is 0 Å². The molecule has 0 spiro atoms. The summed E-state index contributed by atoms with van der Waals surface area (Å²) in [5, 5.41) is 0. The summed E-state index contributed by atoms with van der Waals surface area (Å²) in [7, 11) is 3.95. The summed E-state index contributed by atoms with van der Waals surface area (Å²) in [6.45, 7) is 50.1. The Hall–Kier alpha value is 4.49. The largest absolute Gasteiger partial charge is 1.00 e. The van der Waals surface area contributed by atoms with Gasteiger partial charge in [-0.25, -0.2) is 0 Å². The van der Waals surface area contributed by atoms with Crippen molar-refractivity contribution in [2.45, 2.75) is 291 Å². The molecule has 1 heterocycles. The first-order valence-corrected chi connectivity index (χ1v) is 39.0. The Morgan fingerprint density at radius 1 is 0.452 bits per heavy atom. The minimum absolute atomic E-state index is 0. The van der Waals surface area contributed by atoms with E-state index >= 15 is 0 Å². The van der Waals surface area contributed by atoms with Crippen molar-refractivity contribution in [3.8, 4) is 5.75 Å². The number of benzene rings is 1. The molecule has 0 amide bonds. The second-order valence-corrected chi connectivity index (χ2v) is 26.8. The van der Waals surface area contributed by atoms with E-state index in [0.717, 1.165) is 76.9 Å². The molecule has 506 valence electrons. The van der Waals surface area contributed by atoms with Gasteiger partial charge in [0, 0.05) is 53.4 Å². The number of unbranched alkanes of at least 4 members (excludes halogenated alkanes) is 8. The van der Waals surface area contributed by atoms with Crippen LogP contribution in [0.4, 0.5) is 0 Å². The number of fused-ring (bicyclic) bond motifs is 1. The molecular weight excluding hydrogens is 1210 g/mol. The third kappa shape index (κ3) is 113. The molecule has 0 aromatic heterocycles. The van der Waals surface area contributed by atoms with Gasteiger partial charge in [-0.15, -0.1) is 65.0 Å². The van der Waals surface area contributed by atoms with Gasteiger partial charge in [-0.2, -0.15) is 75.8 Å². The Balaban J connectivity index is -0.0000000814. The molecule has 1 unspecified atom stereocenters. The van der Waals surface area contributed by atoms with Crippen LogP contribution in [0.15, 0.2) is 112 Å². The van der Waals surface area contributed by atoms with Gasteiger partial charge in [-0.3, -0.25) is 0 Å². The molecule has 1 aliphatic rings. The van der Waals surface area contributed by atoms with Crippen LogP contribution in [0.1, 0.15) is 202 Å². The fourth-order valence-electron chi connectivity index (χ4n) is 12.1. The molecule has 93 heavy (non-hydrogen) atoms. The molecule has 0 aliphatic carbocycles. The molecule has 0 saturated carbocycles. The molecule has 19 heteroatoms. The van der Waals surface area contributed by atoms with Crippen LogP contribution < -0.4 is 212 Å². The Kier molecular flexibility index (Phi) is 154. The van der Waals surface area contributed by atoms with Crippen LogP contribution in [0.2, 0.25) is 88.5 Å². The molecule has 1 aromatic rings. The maximum Gasteiger partial charge on any atom is 1.00 e. The smallest absolute Gasteiger partial charge is 0.713 e. The Morgan fingerprint density at radius 2 is 0.763 bits per heavy atom. The van der Waals surface area contributed by atoms with Crippen molar-refractivity contribution < 1.29 is 231 Å². The fourth-order valence-corrected chi connectivity index (χ4v) is 12.1. The van der Waals surface area contributed by atoms with Gasteiger partial charge in [0.05, 0.1) is 5.75 Å². The molecule has 1 atom stereocenters. The van der Waals surface area contributed by atoms with Crippen LogP contribution in [-0.4, -0.2) is 103 Å². The minimum Gasteiger partial charge on any atom is -0.713 e. The van der Waals surface area contributed by atoms with Gasteiger partial charge in [-0.1, -0.05) is 197 Å². The van der Waals surface area contributed by atoms with Crippen LogP contribution in [0.3, 0.4) is 0 Å². The average Bonchev–Trinajstić information content (AvgIpc) is 1.73. The molecular formula is C74H152B7Na7O5. The molecule has 1 aromatic carbocycles. The summed E-state index contributed by atoms with van der Waals surface area (Å²) in [5.74, 6) is 1.96. The predicted octanol–water partition coefficient (Wildman–Crippen LogP) is -1.19. The second kappa shape index (κ2) is 115. The van der Waals surface area contributed by atoms with E-state index < -0.39 is 6.35 Å². The summed E-state index contributed by atoms with van der Waals surface area (Å²) >= 11 is 0. The van der Waals surface area contributed by atoms with Gasteiger partial charge < -0.3 is 23.6 Å². The SMILES string of the molecule is C=CCC[BH2-]CCCC(C)CC(=C)C.C=CCC[BH2-]CCCCCC.C=CCC[BH2-]CCCCCOCC.C=CCC[BH2-]CCCCOC.C=CCC[BH2-]CCCCOCC.C=CCC[BH2-]CCCCOCC.CC[B-]1(CC)Cc2ccccc2O1.[Na+].[Na+].[Na+].[Na+].[Na+].[Na+].[Na+]. The third-order valence-electron chi connectivity index (χ3n) is 18.1. The maximum atomic E-state index is 6.06. The number of hydrogen-bond acceptors (Lipinski definition) is 5. The molecule has 5 nitrogen and oxygen atoms in total. The zero-order chi connectivity index (χ0) is 64.8. The van der Waals surface area contributed by atoms with Crippen molar-refractivity contribution in [2.24, 2.45) is 5.92 Å². The zero-order valence-corrected chi connectivity index (χ0v) is 82.5. The Morgan fingerprint density at radius 3 is 1.06 bits per heavy atom. The fraction of sp³-hybridized carbons (Fsp3) is 0.730. The topological polar surface area (TPSA) is 46.2 Å². The van der Waals surface area contributed by atoms with Gasteiger partial charge in [0.2, 0.25) is 0 Å². The average molecular weight is 1360 g/mol. The normalized spacial score (nSPS) is 10.8. The monoisotopic (exact) mass is 1360 g/mol. The van der Waals surface area contributed by atoms with Crippen LogP contribution >= 0.6 is 0 Å². The van der Waals surface area contributed by atoms with Gasteiger partial charge in [0.15, 0.2) is 6.35 Å². The van der Waals surface area contributed by atoms with Crippen molar-refractivity contribution in [2.75, 3.05) is 53.4 Å². The molecule has 1 aliphatic heterocycles. The summed E-state index contributed by atoms with van der Waals surface area (Å²) in [6, 6.07) is 8.42. The van der Waals surface area contributed by atoms with Gasteiger partial charge >= 0.3 is 207 Å². The number of allylic oxidation sites excluding steroid dienone is 7. The number of ether oxygens (including phenoxy) is 4.